The van der Waals surface area contributed by atoms with Crippen LogP contribution in [0.15, 0.2) is 65.1 Å². The highest BCUT2D eigenvalue weighted by Crippen LogP contribution is 2.38. The molecule has 2 amide bonds. The van der Waals surface area contributed by atoms with Crippen molar-refractivity contribution in [3.63, 3.8) is 0 Å². The van der Waals surface area contributed by atoms with E-state index in [4.69, 9.17) is 18.9 Å². The van der Waals surface area contributed by atoms with Crippen LogP contribution in [0, 0.1) is 0 Å². The number of hydrogen-bond acceptors (Lipinski definition) is 8. The average Bonchev–Trinajstić information content (AvgIpc) is 2.98. The summed E-state index contributed by atoms with van der Waals surface area (Å²) in [5, 5.41) is 2.89. The van der Waals surface area contributed by atoms with Crippen molar-refractivity contribution >= 4 is 33.7 Å². The van der Waals surface area contributed by atoms with E-state index in [1.165, 1.54) is 33.5 Å². The molecule has 0 heterocycles. The normalized spacial score (nSPS) is 10.4. The van der Waals surface area contributed by atoms with E-state index in [2.05, 4.69) is 32.1 Å². The molecule has 0 aliphatic rings. The number of carbonyl (C=O) groups is 3. The van der Waals surface area contributed by atoms with E-state index < -0.39 is 5.97 Å². The number of hydrazine groups is 1. The Labute approximate surface area is 247 Å². The zero-order chi connectivity index (χ0) is 29.6. The zero-order valence-corrected chi connectivity index (χ0v) is 24.8. The van der Waals surface area contributed by atoms with Gasteiger partial charge in [-0.15, -0.1) is 0 Å². The van der Waals surface area contributed by atoms with Crippen molar-refractivity contribution in [2.24, 2.45) is 0 Å². The highest BCUT2D eigenvalue weighted by Gasteiger charge is 2.18. The standard InChI is InChI=1S/C30H34BrN3O7/c1-38-25-17-21(18-26(39-2)28(25)40-3)30(37)41-22-14-12-20(13-15-22)19-33-34-27(35)11-5-4-8-16-32-29(36)23-9-6-7-10-24(23)31/h6-7,9-10,12-15,17-18,33H,4-5,8,11,16,19H2,1-3H3,(H,32,36)(H,34,35). The number of hydrogen-bond donors (Lipinski definition) is 3. The minimum Gasteiger partial charge on any atom is -0.493 e. The van der Waals surface area contributed by atoms with Crippen molar-refractivity contribution in [2.45, 2.75) is 32.2 Å². The molecule has 0 aliphatic carbocycles. The van der Waals surface area contributed by atoms with Gasteiger partial charge in [-0.1, -0.05) is 30.7 Å². The van der Waals surface area contributed by atoms with Gasteiger partial charge < -0.3 is 24.3 Å². The maximum atomic E-state index is 12.7. The molecule has 0 atom stereocenters. The highest BCUT2D eigenvalue weighted by molar-refractivity contribution is 9.10. The number of carbonyl (C=O) groups excluding carboxylic acids is 3. The van der Waals surface area contributed by atoms with Gasteiger partial charge in [-0.25, -0.2) is 10.2 Å². The van der Waals surface area contributed by atoms with Gasteiger partial charge in [0, 0.05) is 24.0 Å². The van der Waals surface area contributed by atoms with Gasteiger partial charge in [0.05, 0.1) is 32.5 Å². The lowest BCUT2D eigenvalue weighted by molar-refractivity contribution is -0.122. The number of benzene rings is 3. The number of methoxy groups -OCH3 is 3. The molecule has 0 aliphatic heterocycles. The van der Waals surface area contributed by atoms with Crippen LogP contribution < -0.4 is 35.1 Å². The Bertz CT molecular complexity index is 1310. The molecule has 0 radical (unpaired) electrons. The first-order chi connectivity index (χ1) is 19.9. The second-order valence-electron chi connectivity index (χ2n) is 8.90. The van der Waals surface area contributed by atoms with Crippen LogP contribution in [-0.2, 0) is 11.3 Å². The predicted octanol–water partition coefficient (Wildman–Crippen LogP) is 4.81. The van der Waals surface area contributed by atoms with E-state index in [0.717, 1.165) is 22.9 Å². The Kier molecular flexibility index (Phi) is 12.5. The molecule has 41 heavy (non-hydrogen) atoms. The van der Waals surface area contributed by atoms with Crippen LogP contribution in [0.5, 0.6) is 23.0 Å². The Morgan fingerprint density at radius 2 is 1.51 bits per heavy atom. The monoisotopic (exact) mass is 627 g/mol. The van der Waals surface area contributed by atoms with Gasteiger partial charge in [0.15, 0.2) is 11.5 Å². The topological polar surface area (TPSA) is 124 Å². The summed E-state index contributed by atoms with van der Waals surface area (Å²) in [7, 11) is 4.43. The van der Waals surface area contributed by atoms with Crippen molar-refractivity contribution in [3.05, 3.63) is 81.8 Å². The van der Waals surface area contributed by atoms with Gasteiger partial charge >= 0.3 is 5.97 Å². The number of esters is 1. The SMILES string of the molecule is COc1cc(C(=O)Oc2ccc(CNNC(=O)CCCCCNC(=O)c3ccccc3Br)cc2)cc(OC)c1OC. The summed E-state index contributed by atoms with van der Waals surface area (Å²) in [4.78, 5) is 37.0. The number of unbranched alkanes of at least 4 members (excludes halogenated alkanes) is 2. The second kappa shape index (κ2) is 16.2. The third-order valence-corrected chi connectivity index (χ3v) is 6.73. The molecule has 0 bridgehead atoms. The summed E-state index contributed by atoms with van der Waals surface area (Å²) in [5.74, 6) is 0.639. The van der Waals surface area contributed by atoms with E-state index >= 15 is 0 Å². The first-order valence-corrected chi connectivity index (χ1v) is 13.8. The Balaban J connectivity index is 1.33. The minimum absolute atomic E-state index is 0.113. The van der Waals surface area contributed by atoms with E-state index in [9.17, 15) is 14.4 Å². The van der Waals surface area contributed by atoms with Gasteiger partial charge in [-0.2, -0.15) is 0 Å². The van der Waals surface area contributed by atoms with Crippen molar-refractivity contribution in [2.75, 3.05) is 27.9 Å². The fraction of sp³-hybridized carbons (Fsp3) is 0.300. The average molecular weight is 629 g/mol. The van der Waals surface area contributed by atoms with Crippen molar-refractivity contribution in [1.29, 1.82) is 0 Å². The Morgan fingerprint density at radius 1 is 0.829 bits per heavy atom. The van der Waals surface area contributed by atoms with Gasteiger partial charge in [0.25, 0.3) is 5.91 Å². The van der Waals surface area contributed by atoms with Crippen molar-refractivity contribution < 1.29 is 33.3 Å². The molecule has 3 aromatic rings. The molecule has 0 fully saturated rings. The highest BCUT2D eigenvalue weighted by atomic mass is 79.9. The first-order valence-electron chi connectivity index (χ1n) is 13.0. The molecular formula is C30H34BrN3O7. The fourth-order valence-electron chi connectivity index (χ4n) is 3.88. The van der Waals surface area contributed by atoms with Crippen LogP contribution >= 0.6 is 15.9 Å². The fourth-order valence-corrected chi connectivity index (χ4v) is 4.34. The Morgan fingerprint density at radius 3 is 2.15 bits per heavy atom. The van der Waals surface area contributed by atoms with Crippen molar-refractivity contribution in [3.8, 4) is 23.0 Å². The number of halogens is 1. The Hall–Kier alpha value is -4.09. The molecule has 0 saturated heterocycles. The summed E-state index contributed by atoms with van der Waals surface area (Å²) in [6.07, 6.45) is 2.69. The summed E-state index contributed by atoms with van der Waals surface area (Å²) in [6, 6.07) is 17.2. The van der Waals surface area contributed by atoms with E-state index in [1.807, 2.05) is 18.2 Å². The number of nitrogens with one attached hydrogen (secondary N) is 3. The van der Waals surface area contributed by atoms with Crippen LogP contribution in [-0.4, -0.2) is 45.7 Å². The second-order valence-corrected chi connectivity index (χ2v) is 9.75. The van der Waals surface area contributed by atoms with Crippen LogP contribution in [0.3, 0.4) is 0 Å². The van der Waals surface area contributed by atoms with Crippen LogP contribution in [0.25, 0.3) is 0 Å². The third kappa shape index (κ3) is 9.51. The zero-order valence-electron chi connectivity index (χ0n) is 23.3. The summed E-state index contributed by atoms with van der Waals surface area (Å²) in [6.45, 7) is 0.946. The smallest absolute Gasteiger partial charge is 0.343 e. The lowest BCUT2D eigenvalue weighted by Gasteiger charge is -2.14. The molecule has 0 spiro atoms. The van der Waals surface area contributed by atoms with Crippen LogP contribution in [0.4, 0.5) is 0 Å². The molecule has 0 saturated carbocycles. The maximum Gasteiger partial charge on any atom is 0.343 e. The van der Waals surface area contributed by atoms with Crippen molar-refractivity contribution in [1.82, 2.24) is 16.2 Å². The largest absolute Gasteiger partial charge is 0.493 e. The quantitative estimate of drug-likeness (QED) is 0.0949. The molecule has 3 N–H and O–H groups in total. The predicted molar refractivity (Wildman–Crippen MR) is 157 cm³/mol. The number of rotatable bonds is 15. The van der Waals surface area contributed by atoms with E-state index in [-0.39, 0.29) is 17.4 Å². The molecule has 11 heteroatoms. The number of amides is 2. The van der Waals surface area contributed by atoms with E-state index in [0.29, 0.717) is 54.5 Å². The summed E-state index contributed by atoms with van der Waals surface area (Å²) >= 11 is 3.37. The molecule has 3 aromatic carbocycles. The number of ether oxygens (including phenoxy) is 4. The van der Waals surface area contributed by atoms with E-state index in [1.54, 1.807) is 30.3 Å². The summed E-state index contributed by atoms with van der Waals surface area (Å²) < 4.78 is 22.1. The first kappa shape index (κ1) is 31.4. The molecule has 3 rings (SSSR count). The molecule has 10 nitrogen and oxygen atoms in total. The molecule has 0 aromatic heterocycles. The minimum atomic E-state index is -0.575. The molecule has 218 valence electrons. The molecular weight excluding hydrogens is 594 g/mol. The maximum absolute atomic E-state index is 12.7. The lowest BCUT2D eigenvalue weighted by atomic mass is 10.1. The third-order valence-electron chi connectivity index (χ3n) is 6.04. The van der Waals surface area contributed by atoms with Gasteiger partial charge in [0.2, 0.25) is 11.7 Å². The van der Waals surface area contributed by atoms with Crippen LogP contribution in [0.2, 0.25) is 0 Å². The van der Waals surface area contributed by atoms with Gasteiger partial charge in [-0.05, 0) is 70.7 Å². The van der Waals surface area contributed by atoms with Gasteiger partial charge in [0.1, 0.15) is 5.75 Å². The summed E-state index contributed by atoms with van der Waals surface area (Å²) in [5.41, 5.74) is 7.33. The molecule has 0 unspecified atom stereocenters. The van der Waals surface area contributed by atoms with Gasteiger partial charge in [-0.3, -0.25) is 15.0 Å². The van der Waals surface area contributed by atoms with Crippen LogP contribution in [0.1, 0.15) is 52.0 Å². The lowest BCUT2D eigenvalue weighted by Crippen LogP contribution is -2.36.